The van der Waals surface area contributed by atoms with Crippen LogP contribution in [0.5, 0.6) is 5.75 Å². The predicted molar refractivity (Wildman–Crippen MR) is 96.9 cm³/mol. The second-order valence-corrected chi connectivity index (χ2v) is 6.97. The summed E-state index contributed by atoms with van der Waals surface area (Å²) in [5, 5.41) is 6.69. The average molecular weight is 375 g/mol. The molecule has 25 heavy (non-hydrogen) atoms. The maximum absolute atomic E-state index is 12.2. The van der Waals surface area contributed by atoms with Crippen molar-refractivity contribution in [3.8, 4) is 5.75 Å². The number of nitrogens with one attached hydrogen (secondary N) is 2. The van der Waals surface area contributed by atoms with Gasteiger partial charge in [0.05, 0.1) is 0 Å². The molecule has 2 N–H and O–H groups in total. The highest BCUT2D eigenvalue weighted by Crippen LogP contribution is 2.31. The van der Waals surface area contributed by atoms with E-state index in [1.807, 2.05) is 0 Å². The molecule has 0 spiro atoms. The molecule has 0 saturated heterocycles. The molecule has 0 heterocycles. The zero-order chi connectivity index (χ0) is 18.5. The number of hydrogen-bond acceptors (Lipinski definition) is 3. The fourth-order valence-electron chi connectivity index (χ4n) is 3.15. The van der Waals surface area contributed by atoms with Gasteiger partial charge in [0.1, 0.15) is 5.75 Å². The number of nitrogens with zero attached hydrogens (tertiary/aromatic N) is 1. The minimum absolute atomic E-state index is 0.0917. The molecule has 0 amide bonds. The summed E-state index contributed by atoms with van der Waals surface area (Å²) >= 11 is 5.31. The highest BCUT2D eigenvalue weighted by atomic mass is 32.1. The van der Waals surface area contributed by atoms with Crippen LogP contribution in [0.15, 0.2) is 24.3 Å². The van der Waals surface area contributed by atoms with Crippen LogP contribution in [0.3, 0.4) is 0 Å². The molecule has 0 radical (unpaired) electrons. The average Bonchev–Trinajstić information content (AvgIpc) is 2.54. The Labute approximate surface area is 151 Å². The van der Waals surface area contributed by atoms with Gasteiger partial charge in [-0.3, -0.25) is 0 Å². The summed E-state index contributed by atoms with van der Waals surface area (Å²) in [6.45, 7) is 0.737. The van der Waals surface area contributed by atoms with Crippen LogP contribution in [0.2, 0.25) is 0 Å². The lowest BCUT2D eigenvalue weighted by Crippen LogP contribution is -2.54. The van der Waals surface area contributed by atoms with Crippen molar-refractivity contribution in [3.05, 3.63) is 24.3 Å². The van der Waals surface area contributed by atoms with Crippen LogP contribution in [-0.2, 0) is 0 Å². The standard InChI is InChI=1S/C17H24F3N3OS/c1-23(2)16(10-4-3-5-11-16)12-21-15(25)22-13-6-8-14(9-7-13)24-17(18,19)20/h6-9H,3-5,10-12H2,1-2H3,(H2,21,22,25). The SMILES string of the molecule is CN(C)C1(CNC(=S)Nc2ccc(OC(F)(F)F)cc2)CCCCC1. The number of benzene rings is 1. The van der Waals surface area contributed by atoms with Crippen molar-refractivity contribution in [1.29, 1.82) is 0 Å². The fraction of sp³-hybridized carbons (Fsp3) is 0.588. The van der Waals surface area contributed by atoms with E-state index in [4.69, 9.17) is 12.2 Å². The van der Waals surface area contributed by atoms with Gasteiger partial charge >= 0.3 is 6.36 Å². The first-order valence-corrected chi connectivity index (χ1v) is 8.69. The maximum atomic E-state index is 12.2. The Morgan fingerprint density at radius 3 is 2.28 bits per heavy atom. The van der Waals surface area contributed by atoms with E-state index in [-0.39, 0.29) is 11.3 Å². The number of anilines is 1. The Hall–Kier alpha value is -1.54. The van der Waals surface area contributed by atoms with Crippen molar-refractivity contribution >= 4 is 23.0 Å². The van der Waals surface area contributed by atoms with Gasteiger partial charge < -0.3 is 20.3 Å². The van der Waals surface area contributed by atoms with Gasteiger partial charge in [0.15, 0.2) is 5.11 Å². The van der Waals surface area contributed by atoms with Gasteiger partial charge in [0, 0.05) is 17.8 Å². The predicted octanol–water partition coefficient (Wildman–Crippen LogP) is 4.14. The Kier molecular flexibility index (Phi) is 6.51. The second kappa shape index (κ2) is 8.23. The van der Waals surface area contributed by atoms with Crippen LogP contribution in [0.25, 0.3) is 0 Å². The molecule has 1 aliphatic rings. The van der Waals surface area contributed by atoms with Gasteiger partial charge in [-0.1, -0.05) is 19.3 Å². The lowest BCUT2D eigenvalue weighted by molar-refractivity contribution is -0.274. The molecule has 0 unspecified atom stereocenters. The molecule has 0 aromatic heterocycles. The monoisotopic (exact) mass is 375 g/mol. The lowest BCUT2D eigenvalue weighted by atomic mass is 9.80. The second-order valence-electron chi connectivity index (χ2n) is 6.56. The first kappa shape index (κ1) is 19.8. The molecular weight excluding hydrogens is 351 g/mol. The number of ether oxygens (including phenoxy) is 1. The molecule has 4 nitrogen and oxygen atoms in total. The fourth-order valence-corrected chi connectivity index (χ4v) is 3.34. The largest absolute Gasteiger partial charge is 0.573 e. The zero-order valence-electron chi connectivity index (χ0n) is 14.4. The molecule has 2 rings (SSSR count). The van der Waals surface area contributed by atoms with Crippen molar-refractivity contribution in [1.82, 2.24) is 10.2 Å². The summed E-state index contributed by atoms with van der Waals surface area (Å²) < 4.78 is 40.3. The van der Waals surface area contributed by atoms with Gasteiger partial charge in [-0.15, -0.1) is 13.2 Å². The van der Waals surface area contributed by atoms with E-state index in [0.29, 0.717) is 10.8 Å². The van der Waals surface area contributed by atoms with Crippen molar-refractivity contribution < 1.29 is 17.9 Å². The van der Waals surface area contributed by atoms with E-state index >= 15 is 0 Å². The summed E-state index contributed by atoms with van der Waals surface area (Å²) in [5.74, 6) is -0.259. The van der Waals surface area contributed by atoms with Crippen molar-refractivity contribution in [2.75, 3.05) is 26.0 Å². The molecule has 0 atom stereocenters. The highest BCUT2D eigenvalue weighted by molar-refractivity contribution is 7.80. The van der Waals surface area contributed by atoms with E-state index < -0.39 is 6.36 Å². The summed E-state index contributed by atoms with van der Waals surface area (Å²) in [5.41, 5.74) is 0.698. The molecule has 1 aliphatic carbocycles. The van der Waals surface area contributed by atoms with Crippen LogP contribution < -0.4 is 15.4 Å². The van der Waals surface area contributed by atoms with Crippen LogP contribution >= 0.6 is 12.2 Å². The van der Waals surface area contributed by atoms with Crippen LogP contribution in [0, 0.1) is 0 Å². The van der Waals surface area contributed by atoms with E-state index in [2.05, 4.69) is 34.4 Å². The molecule has 1 fully saturated rings. The molecule has 0 bridgehead atoms. The van der Waals surface area contributed by atoms with E-state index in [9.17, 15) is 13.2 Å². The van der Waals surface area contributed by atoms with Gasteiger partial charge in [-0.25, -0.2) is 0 Å². The zero-order valence-corrected chi connectivity index (χ0v) is 15.3. The molecule has 1 aromatic rings. The molecule has 140 valence electrons. The summed E-state index contributed by atoms with van der Waals surface area (Å²) in [6.07, 6.45) is 1.25. The number of halogens is 3. The summed E-state index contributed by atoms with van der Waals surface area (Å²) in [7, 11) is 4.17. The summed E-state index contributed by atoms with van der Waals surface area (Å²) in [4.78, 5) is 2.26. The molecule has 0 aliphatic heterocycles. The van der Waals surface area contributed by atoms with E-state index in [1.54, 1.807) is 0 Å². The molecule has 8 heteroatoms. The van der Waals surface area contributed by atoms with Crippen molar-refractivity contribution in [2.24, 2.45) is 0 Å². The first-order chi connectivity index (χ1) is 11.7. The maximum Gasteiger partial charge on any atom is 0.573 e. The van der Waals surface area contributed by atoms with Gasteiger partial charge in [0.2, 0.25) is 0 Å². The Morgan fingerprint density at radius 2 is 1.76 bits per heavy atom. The van der Waals surface area contributed by atoms with Gasteiger partial charge in [-0.2, -0.15) is 0 Å². The normalized spacial score (nSPS) is 17.2. The van der Waals surface area contributed by atoms with Gasteiger partial charge in [-0.05, 0) is 63.4 Å². The Balaban J connectivity index is 1.87. The first-order valence-electron chi connectivity index (χ1n) is 8.28. The number of alkyl halides is 3. The quantitative estimate of drug-likeness (QED) is 0.757. The van der Waals surface area contributed by atoms with Crippen LogP contribution in [0.1, 0.15) is 32.1 Å². The molecular formula is C17H24F3N3OS. The molecule has 1 aromatic carbocycles. The number of hydrogen-bond donors (Lipinski definition) is 2. The third-order valence-electron chi connectivity index (χ3n) is 4.66. The third kappa shape index (κ3) is 6.04. The number of likely N-dealkylation sites (N-methyl/N-ethyl adjacent to an activating group) is 1. The van der Waals surface area contributed by atoms with E-state index in [0.717, 1.165) is 19.4 Å². The van der Waals surface area contributed by atoms with Crippen LogP contribution in [0.4, 0.5) is 18.9 Å². The molecule has 1 saturated carbocycles. The van der Waals surface area contributed by atoms with Crippen molar-refractivity contribution in [3.63, 3.8) is 0 Å². The Bertz CT molecular complexity index is 569. The highest BCUT2D eigenvalue weighted by Gasteiger charge is 2.34. The van der Waals surface area contributed by atoms with Gasteiger partial charge in [0.25, 0.3) is 0 Å². The minimum Gasteiger partial charge on any atom is -0.406 e. The lowest BCUT2D eigenvalue weighted by Gasteiger charge is -2.43. The third-order valence-corrected chi connectivity index (χ3v) is 4.90. The topological polar surface area (TPSA) is 36.5 Å². The smallest absolute Gasteiger partial charge is 0.406 e. The minimum atomic E-state index is -4.69. The van der Waals surface area contributed by atoms with E-state index in [1.165, 1.54) is 43.5 Å². The van der Waals surface area contributed by atoms with Crippen LogP contribution in [-0.4, -0.2) is 42.6 Å². The van der Waals surface area contributed by atoms with Crippen molar-refractivity contribution in [2.45, 2.75) is 44.0 Å². The number of rotatable bonds is 5. The summed E-state index contributed by atoms with van der Waals surface area (Å²) in [6, 6.07) is 5.50. The number of thiocarbonyl (C=S) groups is 1. The Morgan fingerprint density at radius 1 is 1.16 bits per heavy atom.